The highest BCUT2D eigenvalue weighted by molar-refractivity contribution is 7.11. The minimum atomic E-state index is 0.541. The van der Waals surface area contributed by atoms with Crippen LogP contribution in [-0.4, -0.2) is 0 Å². The van der Waals surface area contributed by atoms with Gasteiger partial charge in [-0.15, -0.1) is 11.3 Å². The highest BCUT2D eigenvalue weighted by Gasteiger charge is 2.70. The molecule has 0 aliphatic heterocycles. The Balaban J connectivity index is 1.27. The van der Waals surface area contributed by atoms with Crippen LogP contribution in [0.25, 0.3) is 0 Å². The maximum Gasteiger partial charge on any atom is 0.00508 e. The predicted octanol–water partition coefficient (Wildman–Crippen LogP) is 10.7. The van der Waals surface area contributed by atoms with Crippen LogP contribution >= 0.6 is 11.3 Å². The zero-order valence-electron chi connectivity index (χ0n) is 25.0. The fourth-order valence-corrected chi connectivity index (χ4v) is 14.1. The van der Waals surface area contributed by atoms with E-state index in [0.717, 1.165) is 35.5 Å². The molecular weight excluding hydrogens is 452 g/mol. The maximum atomic E-state index is 2.83. The second-order valence-electron chi connectivity index (χ2n) is 16.5. The zero-order chi connectivity index (χ0) is 25.7. The topological polar surface area (TPSA) is 0 Å². The molecule has 202 valence electrons. The van der Waals surface area contributed by atoms with E-state index in [9.17, 15) is 0 Å². The number of hydrogen-bond donors (Lipinski definition) is 0. The van der Waals surface area contributed by atoms with Crippen LogP contribution in [0.5, 0.6) is 0 Å². The molecule has 36 heavy (non-hydrogen) atoms. The monoisotopic (exact) mass is 508 g/mol. The molecule has 6 rings (SSSR count). The van der Waals surface area contributed by atoms with Crippen LogP contribution in [-0.2, 0) is 6.42 Å². The van der Waals surface area contributed by atoms with Gasteiger partial charge in [0.25, 0.3) is 0 Å². The van der Waals surface area contributed by atoms with Crippen molar-refractivity contribution in [2.75, 3.05) is 0 Å². The molecule has 5 saturated carbocycles. The van der Waals surface area contributed by atoms with Gasteiger partial charge in [0.1, 0.15) is 0 Å². The van der Waals surface area contributed by atoms with Gasteiger partial charge in [-0.25, -0.2) is 0 Å². The second-order valence-corrected chi connectivity index (χ2v) is 17.9. The molecule has 10 atom stereocenters. The quantitative estimate of drug-likeness (QED) is 0.381. The van der Waals surface area contributed by atoms with Crippen LogP contribution in [0.2, 0.25) is 0 Å². The van der Waals surface area contributed by atoms with Gasteiger partial charge in [0.05, 0.1) is 0 Å². The zero-order valence-corrected chi connectivity index (χ0v) is 25.8. The summed E-state index contributed by atoms with van der Waals surface area (Å²) in [5, 5.41) is 0. The number of aryl methyl sites for hydroxylation is 1. The summed E-state index contributed by atoms with van der Waals surface area (Å²) in [7, 11) is 0. The minimum Gasteiger partial charge on any atom is -0.146 e. The van der Waals surface area contributed by atoms with E-state index >= 15 is 0 Å². The van der Waals surface area contributed by atoms with Crippen LogP contribution in [0.15, 0.2) is 12.1 Å². The van der Waals surface area contributed by atoms with Crippen molar-refractivity contribution in [3.8, 4) is 0 Å². The van der Waals surface area contributed by atoms with Crippen molar-refractivity contribution in [1.82, 2.24) is 0 Å². The van der Waals surface area contributed by atoms with E-state index in [2.05, 4.69) is 67.5 Å². The van der Waals surface area contributed by atoms with Gasteiger partial charge in [0.2, 0.25) is 0 Å². The Labute approximate surface area is 227 Å². The first-order chi connectivity index (χ1) is 16.9. The van der Waals surface area contributed by atoms with Gasteiger partial charge >= 0.3 is 0 Å². The van der Waals surface area contributed by atoms with E-state index < -0.39 is 0 Å². The lowest BCUT2D eigenvalue weighted by Gasteiger charge is -2.73. The number of rotatable bonds is 3. The fraction of sp³-hybridized carbons (Fsp3) is 0.886. The molecule has 1 aromatic heterocycles. The van der Waals surface area contributed by atoms with E-state index in [1.54, 1.807) is 4.88 Å². The van der Waals surface area contributed by atoms with Crippen molar-refractivity contribution in [1.29, 1.82) is 0 Å². The van der Waals surface area contributed by atoms with Crippen molar-refractivity contribution in [2.24, 2.45) is 62.6 Å². The first kappa shape index (κ1) is 26.0. The molecule has 1 heteroatoms. The maximum absolute atomic E-state index is 2.83. The molecule has 0 N–H and O–H groups in total. The summed E-state index contributed by atoms with van der Waals surface area (Å²) in [5.41, 5.74) is 2.78. The molecule has 1 heterocycles. The molecule has 0 nitrogen and oxygen atoms in total. The lowest BCUT2D eigenvalue weighted by Crippen LogP contribution is -2.65. The highest BCUT2D eigenvalue weighted by atomic mass is 32.1. The third-order valence-electron chi connectivity index (χ3n) is 14.8. The third kappa shape index (κ3) is 3.42. The van der Waals surface area contributed by atoms with Gasteiger partial charge in [-0.3, -0.25) is 0 Å². The molecule has 5 unspecified atom stereocenters. The van der Waals surface area contributed by atoms with Crippen molar-refractivity contribution in [2.45, 2.75) is 132 Å². The van der Waals surface area contributed by atoms with Gasteiger partial charge in [0.15, 0.2) is 0 Å². The SMILES string of the molecule is Cc1ccc(CC(C)[C@H]2CC[C@@]3(C)C2CC[C@]2(C)C3CCC3[C@@]4(C)CCCC(C)(C)C4CC[C@]32C)s1. The van der Waals surface area contributed by atoms with E-state index in [0.29, 0.717) is 27.1 Å². The molecule has 5 aliphatic carbocycles. The van der Waals surface area contributed by atoms with E-state index in [-0.39, 0.29) is 0 Å². The highest BCUT2D eigenvalue weighted by Crippen LogP contribution is 2.78. The van der Waals surface area contributed by atoms with Crippen LogP contribution in [0, 0.1) is 69.5 Å². The van der Waals surface area contributed by atoms with Gasteiger partial charge in [0, 0.05) is 9.75 Å². The van der Waals surface area contributed by atoms with Crippen LogP contribution in [0.3, 0.4) is 0 Å². The number of thiophene rings is 1. The average Bonchev–Trinajstić information content (AvgIpc) is 3.36. The summed E-state index contributed by atoms with van der Waals surface area (Å²) < 4.78 is 0. The van der Waals surface area contributed by atoms with Gasteiger partial charge < -0.3 is 0 Å². The van der Waals surface area contributed by atoms with Crippen LogP contribution in [0.1, 0.15) is 129 Å². The Morgan fingerprint density at radius 2 is 1.42 bits per heavy atom. The van der Waals surface area contributed by atoms with Gasteiger partial charge in [-0.05, 0) is 152 Å². The summed E-state index contributed by atoms with van der Waals surface area (Å²) in [4.78, 5) is 3.11. The molecule has 5 fully saturated rings. The van der Waals surface area contributed by atoms with Crippen LogP contribution in [0.4, 0.5) is 0 Å². The average molecular weight is 509 g/mol. The summed E-state index contributed by atoms with van der Waals surface area (Å²) in [6.07, 6.45) is 17.8. The van der Waals surface area contributed by atoms with Crippen molar-refractivity contribution >= 4 is 11.3 Å². The molecule has 0 bridgehead atoms. The molecule has 0 aromatic carbocycles. The molecular formula is C35H56S. The van der Waals surface area contributed by atoms with Crippen molar-refractivity contribution < 1.29 is 0 Å². The standard InChI is InChI=1S/C35H56S/c1-23(22-25-11-10-24(2)36-25)26-14-19-32(5)27(26)15-20-34(7)29(32)12-13-30-33(6)18-9-17-31(3,4)28(33)16-21-35(30,34)8/h10-11,23,26-30H,9,12-22H2,1-8H3/t23?,26-,27?,28?,29?,30?,32+,33+,34-,35-/m1/s1. The van der Waals surface area contributed by atoms with Gasteiger partial charge in [-0.1, -0.05) is 54.9 Å². The van der Waals surface area contributed by atoms with Gasteiger partial charge in [-0.2, -0.15) is 0 Å². The summed E-state index contributed by atoms with van der Waals surface area (Å²) in [6.45, 7) is 21.3. The third-order valence-corrected chi connectivity index (χ3v) is 15.8. The molecule has 1 aromatic rings. The summed E-state index contributed by atoms with van der Waals surface area (Å²) >= 11 is 2.04. The minimum absolute atomic E-state index is 0.541. The lowest BCUT2D eigenvalue weighted by atomic mass is 9.32. The first-order valence-electron chi connectivity index (χ1n) is 15.9. The van der Waals surface area contributed by atoms with Crippen LogP contribution < -0.4 is 0 Å². The van der Waals surface area contributed by atoms with E-state index in [1.807, 2.05) is 11.3 Å². The van der Waals surface area contributed by atoms with E-state index in [1.165, 1.54) is 81.9 Å². The van der Waals surface area contributed by atoms with Crippen molar-refractivity contribution in [3.05, 3.63) is 21.9 Å². The number of fused-ring (bicyclic) bond motifs is 7. The molecule has 0 radical (unpaired) electrons. The lowest BCUT2D eigenvalue weighted by molar-refractivity contribution is -0.241. The Morgan fingerprint density at radius 1 is 0.750 bits per heavy atom. The Bertz CT molecular complexity index is 987. The molecule has 0 amide bonds. The summed E-state index contributed by atoms with van der Waals surface area (Å²) in [5.74, 6) is 5.59. The Hall–Kier alpha value is -0.300. The largest absolute Gasteiger partial charge is 0.146 e. The molecule has 0 spiro atoms. The molecule has 5 aliphatic rings. The Morgan fingerprint density at radius 3 is 2.08 bits per heavy atom. The van der Waals surface area contributed by atoms with E-state index in [4.69, 9.17) is 0 Å². The summed E-state index contributed by atoms with van der Waals surface area (Å²) in [6, 6.07) is 4.74. The normalized spacial score (nSPS) is 50.5. The smallest absolute Gasteiger partial charge is 0.00508 e. The van der Waals surface area contributed by atoms with Crippen molar-refractivity contribution in [3.63, 3.8) is 0 Å². The molecule has 0 saturated heterocycles. The fourth-order valence-electron chi connectivity index (χ4n) is 13.1. The predicted molar refractivity (Wildman–Crippen MR) is 156 cm³/mol. The second kappa shape index (κ2) is 8.35. The first-order valence-corrected chi connectivity index (χ1v) is 16.7. The Kier molecular flexibility index (Phi) is 6.02. The number of hydrogen-bond acceptors (Lipinski definition) is 1.